The van der Waals surface area contributed by atoms with Crippen LogP contribution in [0.1, 0.15) is 42.0 Å². The number of alkyl halides is 6. The van der Waals surface area contributed by atoms with E-state index in [0.29, 0.717) is 17.5 Å². The number of rotatable bonds is 5. The van der Waals surface area contributed by atoms with Crippen molar-refractivity contribution in [3.05, 3.63) is 71.5 Å². The van der Waals surface area contributed by atoms with Crippen molar-refractivity contribution in [2.24, 2.45) is 4.99 Å². The van der Waals surface area contributed by atoms with Crippen LogP contribution in [0.2, 0.25) is 0 Å². The van der Waals surface area contributed by atoms with Crippen LogP contribution in [-0.4, -0.2) is 29.4 Å². The molecule has 2 heterocycles. The van der Waals surface area contributed by atoms with Crippen molar-refractivity contribution in [2.45, 2.75) is 37.5 Å². The monoisotopic (exact) mass is 519 g/mol. The number of amides is 1. The third-order valence-corrected chi connectivity index (χ3v) is 5.96. The number of nitrogens with one attached hydrogen (secondary N) is 1. The zero-order valence-corrected chi connectivity index (χ0v) is 19.1. The number of aliphatic imine (C=N–C) groups is 1. The van der Waals surface area contributed by atoms with Gasteiger partial charge in [0, 0.05) is 29.4 Å². The number of ether oxygens (including phenoxy) is 1. The molecule has 11 heteroatoms. The van der Waals surface area contributed by atoms with Crippen LogP contribution in [0.25, 0.3) is 11.1 Å². The molecule has 192 valence electrons. The molecule has 2 aliphatic rings. The van der Waals surface area contributed by atoms with Crippen LogP contribution in [0, 0.1) is 0 Å². The second-order valence-corrected chi connectivity index (χ2v) is 8.88. The van der Waals surface area contributed by atoms with Gasteiger partial charge >= 0.3 is 12.4 Å². The van der Waals surface area contributed by atoms with Crippen molar-refractivity contribution in [3.8, 4) is 16.9 Å². The number of benzene rings is 2. The molecule has 2 aromatic carbocycles. The Hall–Kier alpha value is -3.89. The number of nitrogens with zero attached hydrogens (tertiary/aromatic N) is 2. The van der Waals surface area contributed by atoms with Gasteiger partial charge in [-0.2, -0.15) is 26.3 Å². The number of carbonyl (C=O) groups excluding carboxylic acids is 1. The van der Waals surface area contributed by atoms with Gasteiger partial charge in [0.25, 0.3) is 0 Å². The van der Waals surface area contributed by atoms with E-state index >= 15 is 0 Å². The van der Waals surface area contributed by atoms with E-state index in [1.807, 2.05) is 18.2 Å². The molecule has 1 amide bonds. The average Bonchev–Trinajstić information content (AvgIpc) is 3.68. The molecule has 1 aliphatic heterocycles. The second-order valence-electron chi connectivity index (χ2n) is 8.88. The molecule has 0 spiro atoms. The van der Waals surface area contributed by atoms with E-state index in [1.54, 1.807) is 24.4 Å². The molecular weight excluding hydrogens is 500 g/mol. The summed E-state index contributed by atoms with van der Waals surface area (Å²) >= 11 is 0. The van der Waals surface area contributed by atoms with Crippen LogP contribution < -0.4 is 10.1 Å². The molecule has 0 unspecified atom stereocenters. The number of halogens is 6. The summed E-state index contributed by atoms with van der Waals surface area (Å²) in [7, 11) is 0. The van der Waals surface area contributed by atoms with Crippen molar-refractivity contribution < 1.29 is 35.9 Å². The van der Waals surface area contributed by atoms with Gasteiger partial charge in [0.1, 0.15) is 5.75 Å². The van der Waals surface area contributed by atoms with Crippen molar-refractivity contribution >= 4 is 23.0 Å². The van der Waals surface area contributed by atoms with Crippen LogP contribution in [0.5, 0.6) is 5.75 Å². The van der Waals surface area contributed by atoms with Crippen LogP contribution in [0.3, 0.4) is 0 Å². The molecule has 1 aromatic heterocycles. The van der Waals surface area contributed by atoms with Crippen molar-refractivity contribution in [1.29, 1.82) is 0 Å². The lowest BCUT2D eigenvalue weighted by atomic mass is 10.00. The van der Waals surface area contributed by atoms with E-state index in [9.17, 15) is 31.1 Å². The lowest BCUT2D eigenvalue weighted by Gasteiger charge is -2.17. The van der Waals surface area contributed by atoms with Gasteiger partial charge in [0.15, 0.2) is 6.61 Å². The number of aromatic nitrogens is 1. The highest BCUT2D eigenvalue weighted by Gasteiger charge is 2.38. The molecule has 0 bridgehead atoms. The number of carbonyl (C=O) groups is 1. The van der Waals surface area contributed by atoms with Crippen molar-refractivity contribution in [2.75, 3.05) is 11.9 Å². The minimum Gasteiger partial charge on any atom is -0.483 e. The summed E-state index contributed by atoms with van der Waals surface area (Å²) in [6.45, 7) is -1.91. The summed E-state index contributed by atoms with van der Waals surface area (Å²) in [6, 6.07) is 12.3. The van der Waals surface area contributed by atoms with Gasteiger partial charge in [0.05, 0.1) is 29.1 Å². The van der Waals surface area contributed by atoms with E-state index in [0.717, 1.165) is 35.7 Å². The molecular formula is C26H19F6N3O2. The highest BCUT2D eigenvalue weighted by molar-refractivity contribution is 6.17. The van der Waals surface area contributed by atoms with Crippen LogP contribution in [-0.2, 0) is 11.0 Å². The first-order valence-electron chi connectivity index (χ1n) is 11.4. The first-order chi connectivity index (χ1) is 17.5. The summed E-state index contributed by atoms with van der Waals surface area (Å²) in [5.74, 6) is -1.14. The highest BCUT2D eigenvalue weighted by Crippen LogP contribution is 2.44. The third-order valence-electron chi connectivity index (χ3n) is 5.96. The maximum atomic E-state index is 13.5. The number of pyridine rings is 1. The maximum Gasteiger partial charge on any atom is 0.422 e. The van der Waals surface area contributed by atoms with Gasteiger partial charge in [-0.1, -0.05) is 24.3 Å². The van der Waals surface area contributed by atoms with Crippen LogP contribution >= 0.6 is 0 Å². The molecule has 1 fully saturated rings. The SMILES string of the molecule is O=C1CC(c2cccc(-c3ccc(C4CC4)nc3)c2)=Nc2cc(OCC(F)(F)F)c(C(F)(F)F)cc2N1. The first kappa shape index (κ1) is 24.8. The molecule has 37 heavy (non-hydrogen) atoms. The molecule has 5 nitrogen and oxygen atoms in total. The van der Waals surface area contributed by atoms with Gasteiger partial charge in [-0.3, -0.25) is 9.78 Å². The third kappa shape index (κ3) is 5.76. The second kappa shape index (κ2) is 9.20. The molecule has 3 aromatic rings. The van der Waals surface area contributed by atoms with E-state index in [1.165, 1.54) is 0 Å². The van der Waals surface area contributed by atoms with E-state index < -0.39 is 36.2 Å². The number of hydrogen-bond donors (Lipinski definition) is 1. The predicted octanol–water partition coefficient (Wildman–Crippen LogP) is 7.05. The van der Waals surface area contributed by atoms with Crippen molar-refractivity contribution in [1.82, 2.24) is 4.98 Å². The molecule has 0 atom stereocenters. The topological polar surface area (TPSA) is 63.6 Å². The lowest BCUT2D eigenvalue weighted by Crippen LogP contribution is -2.21. The zero-order valence-electron chi connectivity index (χ0n) is 19.1. The molecule has 5 rings (SSSR count). The Labute approximate surface area is 207 Å². The standard InChI is InChI=1S/C26H19F6N3O2/c27-25(28,29)13-37-23-10-22-21(9-18(23)26(30,31)32)35-24(36)11-20(34-22)16-3-1-2-15(8-16)17-6-7-19(33-12-17)14-4-5-14/h1-3,6-10,12,14H,4-5,11,13H2,(H,35,36). The Balaban J connectivity index is 1.52. The maximum absolute atomic E-state index is 13.5. The Kier molecular flexibility index (Phi) is 6.17. The molecule has 0 radical (unpaired) electrons. The summed E-state index contributed by atoms with van der Waals surface area (Å²) in [5.41, 5.74) is 1.56. The van der Waals surface area contributed by atoms with Gasteiger partial charge in [0.2, 0.25) is 5.91 Å². The number of fused-ring (bicyclic) bond motifs is 1. The van der Waals surface area contributed by atoms with Crippen LogP contribution in [0.15, 0.2) is 59.7 Å². The Bertz CT molecular complexity index is 1380. The normalized spacial score (nSPS) is 15.9. The Morgan fingerprint density at radius 2 is 1.70 bits per heavy atom. The lowest BCUT2D eigenvalue weighted by molar-refractivity contribution is -0.158. The highest BCUT2D eigenvalue weighted by atomic mass is 19.4. The summed E-state index contributed by atoms with van der Waals surface area (Å²) in [6.07, 6.45) is -6.11. The number of anilines is 1. The van der Waals surface area contributed by atoms with E-state index in [2.05, 4.69) is 20.0 Å². The van der Waals surface area contributed by atoms with Crippen LogP contribution in [0.4, 0.5) is 37.7 Å². The minimum absolute atomic E-state index is 0.146. The zero-order chi connectivity index (χ0) is 26.4. The Morgan fingerprint density at radius 1 is 0.946 bits per heavy atom. The van der Waals surface area contributed by atoms with E-state index in [4.69, 9.17) is 0 Å². The minimum atomic E-state index is -5.02. The van der Waals surface area contributed by atoms with E-state index in [-0.39, 0.29) is 23.5 Å². The molecule has 1 saturated carbocycles. The summed E-state index contributed by atoms with van der Waals surface area (Å²) in [4.78, 5) is 21.4. The quantitative estimate of drug-likeness (QED) is 0.368. The fraction of sp³-hybridized carbons (Fsp3) is 0.269. The molecule has 1 aliphatic carbocycles. The smallest absolute Gasteiger partial charge is 0.422 e. The first-order valence-corrected chi connectivity index (χ1v) is 11.4. The van der Waals surface area contributed by atoms with Crippen molar-refractivity contribution in [3.63, 3.8) is 0 Å². The predicted molar refractivity (Wildman–Crippen MR) is 124 cm³/mol. The van der Waals surface area contributed by atoms with Gasteiger partial charge in [-0.05, 0) is 42.2 Å². The van der Waals surface area contributed by atoms with Gasteiger partial charge in [-0.25, -0.2) is 4.99 Å². The average molecular weight is 519 g/mol. The fourth-order valence-corrected chi connectivity index (χ4v) is 4.04. The Morgan fingerprint density at radius 3 is 2.35 bits per heavy atom. The molecule has 0 saturated heterocycles. The summed E-state index contributed by atoms with van der Waals surface area (Å²) < 4.78 is 83.1. The number of hydrogen-bond acceptors (Lipinski definition) is 4. The largest absolute Gasteiger partial charge is 0.483 e. The van der Waals surface area contributed by atoms with Gasteiger partial charge < -0.3 is 10.1 Å². The summed E-state index contributed by atoms with van der Waals surface area (Å²) in [5, 5.41) is 2.36. The van der Waals surface area contributed by atoms with Gasteiger partial charge in [-0.15, -0.1) is 0 Å². The fourth-order valence-electron chi connectivity index (χ4n) is 4.04. The molecule has 1 N–H and O–H groups in total.